The summed E-state index contributed by atoms with van der Waals surface area (Å²) in [5, 5.41) is 8.90. The van der Waals surface area contributed by atoms with Gasteiger partial charge in [0.15, 0.2) is 5.12 Å². The molecule has 0 amide bonds. The van der Waals surface area contributed by atoms with Crippen molar-refractivity contribution in [3.8, 4) is 0 Å². The van der Waals surface area contributed by atoms with Crippen LogP contribution in [0.5, 0.6) is 0 Å². The molecule has 0 radical (unpaired) electrons. The van der Waals surface area contributed by atoms with Gasteiger partial charge in [-0.15, -0.1) is 35.7 Å². The van der Waals surface area contributed by atoms with E-state index in [0.29, 0.717) is 5.01 Å². The topological polar surface area (TPSA) is 67.3 Å². The van der Waals surface area contributed by atoms with Gasteiger partial charge in [-0.2, -0.15) is 0 Å². The average molecular weight is 313 g/mol. The number of benzene rings is 1. The van der Waals surface area contributed by atoms with Gasteiger partial charge in [0, 0.05) is 4.90 Å². The van der Waals surface area contributed by atoms with Crippen LogP contribution in [0, 0.1) is 0 Å². The highest BCUT2D eigenvalue weighted by Gasteiger charge is 2.25. The van der Waals surface area contributed by atoms with Crippen molar-refractivity contribution in [2.24, 2.45) is 0 Å². The number of carbonyl (C=O) groups is 2. The molecule has 2 rings (SSSR count). The first-order valence-corrected chi connectivity index (χ1v) is 7.89. The molecule has 0 saturated carbocycles. The summed E-state index contributed by atoms with van der Waals surface area (Å²) in [5.74, 6) is -1.82. The highest BCUT2D eigenvalue weighted by molar-refractivity contribution is 7.98. The molecule has 19 heavy (non-hydrogen) atoms. The Labute approximate surface area is 123 Å². The molecule has 1 unspecified atom stereocenters. The number of para-hydroxylation sites is 1. The van der Waals surface area contributed by atoms with E-state index in [4.69, 9.17) is 5.11 Å². The van der Waals surface area contributed by atoms with Crippen LogP contribution in [0.4, 0.5) is 0 Å². The van der Waals surface area contributed by atoms with E-state index in [1.807, 2.05) is 24.5 Å². The third-order valence-electron chi connectivity index (χ3n) is 2.59. The summed E-state index contributed by atoms with van der Waals surface area (Å²) in [6.07, 6.45) is 1.67. The summed E-state index contributed by atoms with van der Waals surface area (Å²) < 4.78 is 0.951. The number of aliphatic carboxylic acids is 1. The number of carboxylic acids is 1. The number of carboxylic acid groups (broad SMARTS) is 1. The molecule has 0 aliphatic rings. The van der Waals surface area contributed by atoms with Crippen LogP contribution in [0.2, 0.25) is 0 Å². The van der Waals surface area contributed by atoms with Gasteiger partial charge >= 0.3 is 5.97 Å². The lowest BCUT2D eigenvalue weighted by molar-refractivity contribution is -0.138. The number of carbonyl (C=O) groups excluding carboxylic acids is 1. The molecule has 100 valence electrons. The van der Waals surface area contributed by atoms with E-state index in [1.165, 1.54) is 11.3 Å². The molecule has 1 atom stereocenters. The summed E-state index contributed by atoms with van der Waals surface area (Å²) in [6.45, 7) is 0. The molecule has 0 bridgehead atoms. The van der Waals surface area contributed by atoms with Crippen molar-refractivity contribution >= 4 is 57.0 Å². The Balaban J connectivity index is 2.49. The van der Waals surface area contributed by atoms with Crippen molar-refractivity contribution in [1.82, 2.24) is 4.98 Å². The predicted molar refractivity (Wildman–Crippen MR) is 80.4 cm³/mol. The molecule has 0 aliphatic heterocycles. The average Bonchev–Trinajstić information content (AvgIpc) is 2.78. The zero-order valence-electron chi connectivity index (χ0n) is 9.99. The number of rotatable bonds is 5. The maximum absolute atomic E-state index is 11.5. The van der Waals surface area contributed by atoms with E-state index in [9.17, 15) is 9.59 Å². The van der Waals surface area contributed by atoms with Crippen molar-refractivity contribution in [3.63, 3.8) is 0 Å². The molecule has 1 N–H and O–H groups in total. The van der Waals surface area contributed by atoms with Crippen molar-refractivity contribution in [2.75, 3.05) is 6.26 Å². The standard InChI is InChI=1S/C12H11NO3S3/c1-18-7-3-2-4-8-10(7)13-11(19-8)6(12(16)17)5-9(14)15/h2-4,6H,5H2,1H3,(H,14,15)(H,16,17). The van der Waals surface area contributed by atoms with Crippen LogP contribution in [0.25, 0.3) is 10.2 Å². The predicted octanol–water partition coefficient (Wildman–Crippen LogP) is 3.03. The molecular formula is C12H11NO3S3. The highest BCUT2D eigenvalue weighted by Crippen LogP contribution is 2.34. The number of fused-ring (bicyclic) bond motifs is 1. The molecule has 1 aromatic heterocycles. The molecule has 1 heterocycles. The SMILES string of the molecule is CSc1cccc2sc(C(CC(=O)O)C(=O)S)nc12. The number of thiazole rings is 1. The Morgan fingerprint density at radius 2 is 2.26 bits per heavy atom. The van der Waals surface area contributed by atoms with Crippen molar-refractivity contribution in [1.29, 1.82) is 0 Å². The minimum absolute atomic E-state index is 0.281. The van der Waals surface area contributed by atoms with Crippen LogP contribution < -0.4 is 0 Å². The van der Waals surface area contributed by atoms with Crippen LogP contribution in [0.15, 0.2) is 23.1 Å². The fraction of sp³-hybridized carbons (Fsp3) is 0.250. The maximum atomic E-state index is 11.5. The Kier molecular flexibility index (Phi) is 4.49. The van der Waals surface area contributed by atoms with Gasteiger partial charge in [-0.3, -0.25) is 9.59 Å². The van der Waals surface area contributed by atoms with Crippen LogP contribution in [0.3, 0.4) is 0 Å². The molecule has 0 spiro atoms. The van der Waals surface area contributed by atoms with Gasteiger partial charge in [0.1, 0.15) is 5.01 Å². The smallest absolute Gasteiger partial charge is 0.304 e. The zero-order valence-corrected chi connectivity index (χ0v) is 12.5. The van der Waals surface area contributed by atoms with Gasteiger partial charge in [-0.25, -0.2) is 4.98 Å². The number of hydrogen-bond acceptors (Lipinski definition) is 5. The molecule has 4 nitrogen and oxygen atoms in total. The van der Waals surface area contributed by atoms with Gasteiger partial charge in [0.05, 0.1) is 22.6 Å². The fourth-order valence-electron chi connectivity index (χ4n) is 1.71. The van der Waals surface area contributed by atoms with Crippen LogP contribution >= 0.6 is 35.7 Å². The second-order valence-electron chi connectivity index (χ2n) is 3.85. The lowest BCUT2D eigenvalue weighted by Gasteiger charge is -2.05. The summed E-state index contributed by atoms with van der Waals surface area (Å²) in [5.41, 5.74) is 0.819. The Hall–Kier alpha value is -1.05. The Morgan fingerprint density at radius 1 is 1.53 bits per heavy atom. The van der Waals surface area contributed by atoms with E-state index in [1.54, 1.807) is 11.8 Å². The monoisotopic (exact) mass is 313 g/mol. The fourth-order valence-corrected chi connectivity index (χ4v) is 3.73. The lowest BCUT2D eigenvalue weighted by Crippen LogP contribution is -2.12. The number of aromatic nitrogens is 1. The molecule has 0 aliphatic carbocycles. The third-order valence-corrected chi connectivity index (χ3v) is 4.81. The number of nitrogens with zero attached hydrogens (tertiary/aromatic N) is 1. The number of hydrogen-bond donors (Lipinski definition) is 2. The highest BCUT2D eigenvalue weighted by atomic mass is 32.2. The summed E-state index contributed by atoms with van der Waals surface area (Å²) in [6, 6.07) is 5.78. The van der Waals surface area contributed by atoms with Gasteiger partial charge in [0.25, 0.3) is 0 Å². The largest absolute Gasteiger partial charge is 0.481 e. The van der Waals surface area contributed by atoms with Crippen molar-refractivity contribution < 1.29 is 14.7 Å². The quantitative estimate of drug-likeness (QED) is 0.656. The molecule has 1 aromatic carbocycles. The summed E-state index contributed by atoms with van der Waals surface area (Å²) in [7, 11) is 0. The molecule has 0 fully saturated rings. The minimum atomic E-state index is -1.03. The first kappa shape index (κ1) is 14.4. The molecule has 2 aromatic rings. The first-order valence-electron chi connectivity index (χ1n) is 5.41. The van der Waals surface area contributed by atoms with Gasteiger partial charge in [-0.1, -0.05) is 6.07 Å². The van der Waals surface area contributed by atoms with E-state index in [0.717, 1.165) is 15.1 Å². The van der Waals surface area contributed by atoms with Gasteiger partial charge < -0.3 is 5.11 Å². The summed E-state index contributed by atoms with van der Waals surface area (Å²) >= 11 is 6.69. The first-order chi connectivity index (χ1) is 9.02. The van der Waals surface area contributed by atoms with Crippen LogP contribution in [-0.2, 0) is 9.59 Å². The maximum Gasteiger partial charge on any atom is 0.304 e. The van der Waals surface area contributed by atoms with Crippen LogP contribution in [-0.4, -0.2) is 27.4 Å². The minimum Gasteiger partial charge on any atom is -0.481 e. The number of thiol groups is 1. The second kappa shape index (κ2) is 5.94. The van der Waals surface area contributed by atoms with E-state index in [-0.39, 0.29) is 6.42 Å². The Morgan fingerprint density at radius 3 is 2.84 bits per heavy atom. The normalized spacial score (nSPS) is 12.5. The van der Waals surface area contributed by atoms with Gasteiger partial charge in [0.2, 0.25) is 0 Å². The second-order valence-corrected chi connectivity index (χ2v) is 6.20. The zero-order chi connectivity index (χ0) is 14.0. The van der Waals surface area contributed by atoms with Gasteiger partial charge in [-0.05, 0) is 18.4 Å². The molecule has 0 saturated heterocycles. The van der Waals surface area contributed by atoms with E-state index >= 15 is 0 Å². The van der Waals surface area contributed by atoms with Crippen molar-refractivity contribution in [2.45, 2.75) is 17.2 Å². The van der Waals surface area contributed by atoms with E-state index in [2.05, 4.69) is 17.6 Å². The molecule has 7 heteroatoms. The molecular weight excluding hydrogens is 302 g/mol. The lowest BCUT2D eigenvalue weighted by atomic mass is 10.1. The Bertz CT molecular complexity index is 638. The third kappa shape index (κ3) is 3.10. The van der Waals surface area contributed by atoms with Crippen LogP contribution in [0.1, 0.15) is 17.3 Å². The van der Waals surface area contributed by atoms with Crippen molar-refractivity contribution in [3.05, 3.63) is 23.2 Å². The number of thioether (sulfide) groups is 1. The van der Waals surface area contributed by atoms with E-state index < -0.39 is 17.0 Å². The summed E-state index contributed by atoms with van der Waals surface area (Å²) in [4.78, 5) is 27.7.